The Kier molecular flexibility index (Phi) is 4.09. The first kappa shape index (κ1) is 15.6. The number of ether oxygens (including phenoxy) is 1. The van der Waals surface area contributed by atoms with E-state index in [4.69, 9.17) is 24.0 Å². The van der Waals surface area contributed by atoms with Crippen molar-refractivity contribution in [2.24, 2.45) is 5.92 Å². The zero-order valence-corrected chi connectivity index (χ0v) is 13.1. The van der Waals surface area contributed by atoms with Crippen molar-refractivity contribution in [3.63, 3.8) is 0 Å². The second-order valence-electron chi connectivity index (χ2n) is 5.20. The summed E-state index contributed by atoms with van der Waals surface area (Å²) in [7, 11) is -3.56. The molecule has 0 amide bonds. The molecule has 2 aliphatic rings. The molecule has 5 unspecified atom stereocenters. The Bertz CT molecular complexity index is 665. The number of rotatable bonds is 3. The van der Waals surface area contributed by atoms with Crippen LogP contribution >= 0.6 is 7.82 Å². The van der Waals surface area contributed by atoms with Crippen LogP contribution in [0, 0.1) is 5.92 Å². The van der Waals surface area contributed by atoms with Gasteiger partial charge in [0.15, 0.2) is 0 Å². The average molecular weight is 331 g/mol. The molecule has 22 heavy (non-hydrogen) atoms. The van der Waals surface area contributed by atoms with Gasteiger partial charge in [0.1, 0.15) is 24.3 Å². The summed E-state index contributed by atoms with van der Waals surface area (Å²) in [5, 5.41) is 0. The number of hydrogen-bond acceptors (Lipinski definition) is 8. The Morgan fingerprint density at radius 3 is 3.05 bits per heavy atom. The highest BCUT2D eigenvalue weighted by molar-refractivity contribution is 7.48. The van der Waals surface area contributed by atoms with Crippen LogP contribution in [0.4, 0.5) is 5.82 Å². The van der Waals surface area contributed by atoms with Gasteiger partial charge in [0, 0.05) is 12.1 Å². The number of phosphoric ester groups is 1. The van der Waals surface area contributed by atoms with Gasteiger partial charge in [-0.05, 0) is 13.0 Å². The SMILES string of the molecule is CCOP1(=O)OCC2OC(n3ccc(N)nc3=O)C(C)C2O1. The lowest BCUT2D eigenvalue weighted by Crippen LogP contribution is -2.36. The van der Waals surface area contributed by atoms with Gasteiger partial charge in [-0.15, -0.1) is 0 Å². The summed E-state index contributed by atoms with van der Waals surface area (Å²) in [5.41, 5.74) is 4.97. The number of fused-ring (bicyclic) bond motifs is 1. The molecule has 1 aromatic heterocycles. The van der Waals surface area contributed by atoms with Gasteiger partial charge in [0.05, 0.1) is 13.2 Å². The maximum Gasteiger partial charge on any atom is 0.475 e. The molecule has 122 valence electrons. The van der Waals surface area contributed by atoms with Crippen molar-refractivity contribution in [1.29, 1.82) is 0 Å². The monoisotopic (exact) mass is 331 g/mol. The first-order chi connectivity index (χ1) is 10.4. The number of nitrogens with zero attached hydrogens (tertiary/aromatic N) is 2. The van der Waals surface area contributed by atoms with Gasteiger partial charge >= 0.3 is 13.5 Å². The predicted molar refractivity (Wildman–Crippen MR) is 76.0 cm³/mol. The Labute approximate surface area is 126 Å². The zero-order chi connectivity index (χ0) is 15.9. The third-order valence-electron chi connectivity index (χ3n) is 3.71. The summed E-state index contributed by atoms with van der Waals surface area (Å²) >= 11 is 0. The van der Waals surface area contributed by atoms with Crippen molar-refractivity contribution in [2.45, 2.75) is 32.3 Å². The Morgan fingerprint density at radius 1 is 1.59 bits per heavy atom. The molecular formula is C12H18N3O6P. The van der Waals surface area contributed by atoms with Gasteiger partial charge in [-0.2, -0.15) is 4.98 Å². The van der Waals surface area contributed by atoms with E-state index in [1.165, 1.54) is 16.8 Å². The molecule has 0 spiro atoms. The third-order valence-corrected chi connectivity index (χ3v) is 5.25. The fourth-order valence-corrected chi connectivity index (χ4v) is 4.16. The lowest BCUT2D eigenvalue weighted by atomic mass is 10.0. The number of aromatic nitrogens is 2. The van der Waals surface area contributed by atoms with Crippen LogP contribution in [0.2, 0.25) is 0 Å². The van der Waals surface area contributed by atoms with Gasteiger partial charge in [-0.1, -0.05) is 6.92 Å². The molecular weight excluding hydrogens is 313 g/mol. The summed E-state index contributed by atoms with van der Waals surface area (Å²) in [5.74, 6) is -0.0875. The normalized spacial score (nSPS) is 37.9. The summed E-state index contributed by atoms with van der Waals surface area (Å²) < 4.78 is 35.1. The van der Waals surface area contributed by atoms with E-state index in [-0.39, 0.29) is 24.9 Å². The Hall–Kier alpha value is -1.25. The van der Waals surface area contributed by atoms with Gasteiger partial charge in [0.25, 0.3) is 0 Å². The molecule has 9 nitrogen and oxygen atoms in total. The first-order valence-electron chi connectivity index (χ1n) is 7.01. The maximum absolute atomic E-state index is 12.3. The molecule has 2 N–H and O–H groups in total. The zero-order valence-electron chi connectivity index (χ0n) is 12.2. The van der Waals surface area contributed by atoms with Crippen LogP contribution < -0.4 is 11.4 Å². The molecule has 0 bridgehead atoms. The number of anilines is 1. The number of hydrogen-bond donors (Lipinski definition) is 1. The van der Waals surface area contributed by atoms with Crippen LogP contribution in [0.5, 0.6) is 0 Å². The Balaban J connectivity index is 1.84. The van der Waals surface area contributed by atoms with Crippen LogP contribution in [0.15, 0.2) is 17.1 Å². The van der Waals surface area contributed by atoms with Crippen molar-refractivity contribution in [3.05, 3.63) is 22.7 Å². The van der Waals surface area contributed by atoms with E-state index >= 15 is 0 Å². The number of phosphoric acid groups is 1. The highest BCUT2D eigenvalue weighted by Gasteiger charge is 2.52. The highest BCUT2D eigenvalue weighted by atomic mass is 31.2. The molecule has 0 aliphatic carbocycles. The van der Waals surface area contributed by atoms with Crippen LogP contribution in [-0.4, -0.2) is 35.0 Å². The van der Waals surface area contributed by atoms with Crippen molar-refractivity contribution in [1.82, 2.24) is 9.55 Å². The fraction of sp³-hybridized carbons (Fsp3) is 0.667. The summed E-state index contributed by atoms with van der Waals surface area (Å²) in [4.78, 5) is 15.6. The van der Waals surface area contributed by atoms with Crippen LogP contribution in [0.1, 0.15) is 20.1 Å². The van der Waals surface area contributed by atoms with Crippen molar-refractivity contribution in [3.8, 4) is 0 Å². The Morgan fingerprint density at radius 2 is 2.36 bits per heavy atom. The molecule has 0 saturated carbocycles. The van der Waals surface area contributed by atoms with E-state index < -0.39 is 31.9 Å². The molecule has 0 aromatic carbocycles. The van der Waals surface area contributed by atoms with Crippen LogP contribution in [0.3, 0.4) is 0 Å². The van der Waals surface area contributed by atoms with E-state index in [9.17, 15) is 9.36 Å². The molecule has 3 heterocycles. The standard InChI is InChI=1S/C12H18N3O6P/c1-3-18-22(17)19-6-8-10(21-22)7(2)11(20-8)15-5-4-9(13)14-12(15)16/h4-5,7-8,10-11H,3,6H2,1-2H3,(H2,13,14,16). The largest absolute Gasteiger partial charge is 0.475 e. The van der Waals surface area contributed by atoms with Gasteiger partial charge in [0.2, 0.25) is 0 Å². The minimum atomic E-state index is -3.56. The number of nitrogen functional groups attached to an aromatic ring is 1. The first-order valence-corrected chi connectivity index (χ1v) is 8.47. The predicted octanol–water partition coefficient (Wildman–Crippen LogP) is 0.919. The van der Waals surface area contributed by atoms with E-state index in [0.717, 1.165) is 0 Å². The molecule has 2 saturated heterocycles. The summed E-state index contributed by atoms with van der Waals surface area (Å²) in [6.45, 7) is 3.85. The van der Waals surface area contributed by atoms with Crippen LogP contribution in [0.25, 0.3) is 0 Å². The van der Waals surface area contributed by atoms with E-state index in [2.05, 4.69) is 4.98 Å². The number of nitrogens with two attached hydrogens (primary N) is 1. The molecule has 2 fully saturated rings. The van der Waals surface area contributed by atoms with Gasteiger partial charge in [-0.3, -0.25) is 18.1 Å². The summed E-state index contributed by atoms with van der Waals surface area (Å²) in [6.07, 6.45) is 0.0199. The fourth-order valence-electron chi connectivity index (χ4n) is 2.69. The maximum atomic E-state index is 12.3. The van der Waals surface area contributed by atoms with E-state index in [0.29, 0.717) is 0 Å². The second kappa shape index (κ2) is 5.75. The smallest absolute Gasteiger partial charge is 0.383 e. The molecule has 0 radical (unpaired) electrons. The average Bonchev–Trinajstić information content (AvgIpc) is 2.76. The molecule has 10 heteroatoms. The lowest BCUT2D eigenvalue weighted by molar-refractivity contribution is -0.0718. The quantitative estimate of drug-likeness (QED) is 0.813. The minimum absolute atomic E-state index is 0.0833. The van der Waals surface area contributed by atoms with E-state index in [1.807, 2.05) is 6.92 Å². The van der Waals surface area contributed by atoms with Crippen LogP contribution in [-0.2, 0) is 22.9 Å². The minimum Gasteiger partial charge on any atom is -0.383 e. The van der Waals surface area contributed by atoms with Crippen molar-refractivity contribution < 1.29 is 22.9 Å². The molecule has 2 aliphatic heterocycles. The molecule has 3 rings (SSSR count). The van der Waals surface area contributed by atoms with Crippen molar-refractivity contribution in [2.75, 3.05) is 18.9 Å². The summed E-state index contributed by atoms with van der Waals surface area (Å²) in [6, 6.07) is 1.52. The molecule has 1 aromatic rings. The van der Waals surface area contributed by atoms with Gasteiger partial charge in [-0.25, -0.2) is 9.36 Å². The van der Waals surface area contributed by atoms with Crippen molar-refractivity contribution >= 4 is 13.6 Å². The van der Waals surface area contributed by atoms with Gasteiger partial charge < -0.3 is 10.5 Å². The highest BCUT2D eigenvalue weighted by Crippen LogP contribution is 2.57. The molecule has 5 atom stereocenters. The lowest BCUT2D eigenvalue weighted by Gasteiger charge is -2.31. The second-order valence-corrected chi connectivity index (χ2v) is 6.82. The van der Waals surface area contributed by atoms with E-state index in [1.54, 1.807) is 6.92 Å². The topological polar surface area (TPSA) is 115 Å². The third kappa shape index (κ3) is 2.70.